The van der Waals surface area contributed by atoms with Gasteiger partial charge in [-0.25, -0.2) is 0 Å². The minimum Gasteiger partial charge on any atom is -0.785 e. The van der Waals surface area contributed by atoms with Crippen LogP contribution in [0.25, 0.3) is 0 Å². The monoisotopic (exact) mass is 211 g/mol. The summed E-state index contributed by atoms with van der Waals surface area (Å²) in [5.74, 6) is 0. The van der Waals surface area contributed by atoms with Crippen LogP contribution in [0, 0.1) is 5.21 Å². The molecule has 0 aliphatic carbocycles. The second-order valence-electron chi connectivity index (χ2n) is 3.40. The van der Waals surface area contributed by atoms with Crippen LogP contribution in [0.15, 0.2) is 24.3 Å². The quantitative estimate of drug-likeness (QED) is 0.711. The minimum absolute atomic E-state index is 0.576. The summed E-state index contributed by atoms with van der Waals surface area (Å²) in [6.07, 6.45) is 0. The van der Waals surface area contributed by atoms with E-state index < -0.39 is 0 Å². The summed E-state index contributed by atoms with van der Waals surface area (Å²) in [5, 5.41) is 12.8. The van der Waals surface area contributed by atoms with Crippen LogP contribution in [0.4, 0.5) is 5.69 Å². The molecule has 2 rings (SSSR count). The molecular formula is C10H12ClN2O-. The maximum Gasteiger partial charge on any atom is 0.0426 e. The van der Waals surface area contributed by atoms with Crippen molar-refractivity contribution in [1.29, 1.82) is 0 Å². The molecule has 3 nitrogen and oxygen atoms in total. The van der Waals surface area contributed by atoms with Gasteiger partial charge in [-0.3, -0.25) is 0 Å². The molecule has 0 spiro atoms. The number of benzene rings is 1. The van der Waals surface area contributed by atoms with Crippen LogP contribution in [0.5, 0.6) is 0 Å². The van der Waals surface area contributed by atoms with Crippen molar-refractivity contribution in [2.45, 2.75) is 0 Å². The van der Waals surface area contributed by atoms with Gasteiger partial charge in [-0.1, -0.05) is 17.7 Å². The summed E-state index contributed by atoms with van der Waals surface area (Å²) in [6.45, 7) is 2.71. The third-order valence-corrected chi connectivity index (χ3v) is 2.65. The van der Waals surface area contributed by atoms with Crippen molar-refractivity contribution in [3.63, 3.8) is 0 Å². The van der Waals surface area contributed by atoms with Gasteiger partial charge < -0.3 is 15.2 Å². The number of hydrogen-bond donors (Lipinski definition) is 0. The average Bonchev–Trinajstić information content (AvgIpc) is 2.19. The van der Waals surface area contributed by atoms with Gasteiger partial charge in [-0.05, 0) is 18.2 Å². The Bertz CT molecular complexity index is 311. The van der Waals surface area contributed by atoms with Gasteiger partial charge in [-0.15, -0.1) is 0 Å². The van der Waals surface area contributed by atoms with Crippen LogP contribution in [0.1, 0.15) is 0 Å². The van der Waals surface area contributed by atoms with E-state index in [1.54, 1.807) is 0 Å². The number of piperazine rings is 1. The third-order valence-electron chi connectivity index (χ3n) is 2.41. The predicted octanol–water partition coefficient (Wildman–Crippen LogP) is 1.96. The number of rotatable bonds is 1. The molecule has 4 heteroatoms. The molecule has 0 amide bonds. The van der Waals surface area contributed by atoms with Crippen molar-refractivity contribution in [2.75, 3.05) is 31.1 Å². The maximum atomic E-state index is 11.0. The summed E-state index contributed by atoms with van der Waals surface area (Å²) in [7, 11) is 0. The summed E-state index contributed by atoms with van der Waals surface area (Å²) in [4.78, 5) is 2.18. The number of halogens is 1. The lowest BCUT2D eigenvalue weighted by Crippen LogP contribution is -2.43. The molecule has 0 saturated carbocycles. The molecule has 1 heterocycles. The van der Waals surface area contributed by atoms with E-state index in [9.17, 15) is 5.21 Å². The average molecular weight is 212 g/mol. The maximum absolute atomic E-state index is 11.0. The first-order valence-electron chi connectivity index (χ1n) is 4.68. The van der Waals surface area contributed by atoms with Gasteiger partial charge in [0.05, 0.1) is 0 Å². The van der Waals surface area contributed by atoms with Gasteiger partial charge in [0.15, 0.2) is 0 Å². The number of hydroxylamine groups is 2. The van der Waals surface area contributed by atoms with Crippen molar-refractivity contribution in [3.05, 3.63) is 34.5 Å². The van der Waals surface area contributed by atoms with E-state index in [1.165, 1.54) is 0 Å². The van der Waals surface area contributed by atoms with Crippen LogP contribution in [-0.4, -0.2) is 31.2 Å². The van der Waals surface area contributed by atoms with Gasteiger partial charge in [0.2, 0.25) is 0 Å². The molecular weight excluding hydrogens is 200 g/mol. The molecule has 1 aliphatic rings. The Labute approximate surface area is 88.5 Å². The van der Waals surface area contributed by atoms with Crippen LogP contribution in [0.2, 0.25) is 5.02 Å². The highest BCUT2D eigenvalue weighted by Gasteiger charge is 2.11. The Hall–Kier alpha value is -0.770. The molecule has 0 N–H and O–H groups in total. The predicted molar refractivity (Wildman–Crippen MR) is 58.6 cm³/mol. The molecule has 1 fully saturated rings. The molecule has 0 bridgehead atoms. The lowest BCUT2D eigenvalue weighted by Gasteiger charge is -2.39. The zero-order valence-electron chi connectivity index (χ0n) is 7.82. The molecule has 1 aromatic carbocycles. The van der Waals surface area contributed by atoms with E-state index in [0.29, 0.717) is 13.1 Å². The van der Waals surface area contributed by atoms with Gasteiger partial charge >= 0.3 is 0 Å². The highest BCUT2D eigenvalue weighted by atomic mass is 35.5. The van der Waals surface area contributed by atoms with Crippen molar-refractivity contribution in [2.24, 2.45) is 0 Å². The summed E-state index contributed by atoms with van der Waals surface area (Å²) in [6, 6.07) is 7.74. The molecule has 76 valence electrons. The van der Waals surface area contributed by atoms with Crippen LogP contribution >= 0.6 is 11.6 Å². The van der Waals surface area contributed by atoms with Crippen molar-refractivity contribution >= 4 is 17.3 Å². The van der Waals surface area contributed by atoms with Gasteiger partial charge in [0.1, 0.15) is 0 Å². The first kappa shape index (κ1) is 9.77. The minimum atomic E-state index is 0.576. The van der Waals surface area contributed by atoms with Crippen LogP contribution in [-0.2, 0) is 0 Å². The molecule has 0 aromatic heterocycles. The Morgan fingerprint density at radius 1 is 1.14 bits per heavy atom. The third kappa shape index (κ3) is 2.18. The smallest absolute Gasteiger partial charge is 0.0426 e. The number of hydrogen-bond acceptors (Lipinski definition) is 3. The van der Waals surface area contributed by atoms with Crippen molar-refractivity contribution in [3.8, 4) is 0 Å². The van der Waals surface area contributed by atoms with Gasteiger partial charge in [-0.2, -0.15) is 0 Å². The van der Waals surface area contributed by atoms with Crippen molar-refractivity contribution < 1.29 is 0 Å². The lowest BCUT2D eigenvalue weighted by molar-refractivity contribution is 0.350. The number of anilines is 1. The Kier molecular flexibility index (Phi) is 2.91. The van der Waals surface area contributed by atoms with Gasteiger partial charge in [0.25, 0.3) is 0 Å². The fourth-order valence-corrected chi connectivity index (χ4v) is 1.80. The first-order chi connectivity index (χ1) is 6.75. The molecule has 1 saturated heterocycles. The van der Waals surface area contributed by atoms with Crippen LogP contribution < -0.4 is 4.90 Å². The summed E-state index contributed by atoms with van der Waals surface area (Å²) < 4.78 is 0. The molecule has 0 unspecified atom stereocenters. The molecule has 1 aromatic rings. The highest BCUT2D eigenvalue weighted by Crippen LogP contribution is 2.20. The topological polar surface area (TPSA) is 29.5 Å². The molecule has 0 atom stereocenters. The Balaban J connectivity index is 2.08. The van der Waals surface area contributed by atoms with E-state index in [1.807, 2.05) is 24.3 Å². The van der Waals surface area contributed by atoms with Gasteiger partial charge in [0, 0.05) is 36.9 Å². The SMILES string of the molecule is [O-]N1CCN(c2cccc(Cl)c2)CC1. The second kappa shape index (κ2) is 4.17. The van der Waals surface area contributed by atoms with E-state index >= 15 is 0 Å². The standard InChI is InChI=1S/C10H12ClN2O/c11-9-2-1-3-10(8-9)12-4-6-13(14)7-5-12/h1-3,8H,4-7H2/q-1. The fraction of sp³-hybridized carbons (Fsp3) is 0.400. The fourth-order valence-electron chi connectivity index (χ4n) is 1.62. The van der Waals surface area contributed by atoms with E-state index in [0.717, 1.165) is 28.9 Å². The van der Waals surface area contributed by atoms with E-state index in [2.05, 4.69) is 4.90 Å². The second-order valence-corrected chi connectivity index (χ2v) is 3.83. The first-order valence-corrected chi connectivity index (χ1v) is 5.06. The molecule has 1 aliphatic heterocycles. The van der Waals surface area contributed by atoms with E-state index in [4.69, 9.17) is 11.6 Å². The largest absolute Gasteiger partial charge is 0.785 e. The summed E-state index contributed by atoms with van der Waals surface area (Å²) >= 11 is 5.89. The summed E-state index contributed by atoms with van der Waals surface area (Å²) in [5.41, 5.74) is 1.10. The lowest BCUT2D eigenvalue weighted by atomic mass is 10.2. The molecule has 0 radical (unpaired) electrons. The number of nitrogens with zero attached hydrogens (tertiary/aromatic N) is 2. The van der Waals surface area contributed by atoms with Crippen LogP contribution in [0.3, 0.4) is 0 Å². The van der Waals surface area contributed by atoms with Crippen molar-refractivity contribution in [1.82, 2.24) is 5.06 Å². The Morgan fingerprint density at radius 2 is 1.86 bits per heavy atom. The zero-order valence-corrected chi connectivity index (χ0v) is 8.57. The Morgan fingerprint density at radius 3 is 2.50 bits per heavy atom. The van der Waals surface area contributed by atoms with E-state index in [-0.39, 0.29) is 0 Å². The normalized spacial score (nSPS) is 18.6. The highest BCUT2D eigenvalue weighted by molar-refractivity contribution is 6.30. The molecule has 14 heavy (non-hydrogen) atoms. The zero-order chi connectivity index (χ0) is 9.97.